The summed E-state index contributed by atoms with van der Waals surface area (Å²) < 4.78 is 0. The molecule has 0 atom stereocenters. The molecule has 2 rings (SSSR count). The smallest absolute Gasteiger partial charge is 0.225 e. The van der Waals surface area contributed by atoms with E-state index in [-0.39, 0.29) is 23.7 Å². The molecule has 1 fully saturated rings. The highest BCUT2D eigenvalue weighted by Gasteiger charge is 2.33. The van der Waals surface area contributed by atoms with Crippen molar-refractivity contribution in [3.05, 3.63) is 29.3 Å². The summed E-state index contributed by atoms with van der Waals surface area (Å²) in [4.78, 5) is 12.2. The van der Waals surface area contributed by atoms with E-state index in [1.807, 2.05) is 18.2 Å². The van der Waals surface area contributed by atoms with Gasteiger partial charge in [-0.3, -0.25) is 4.79 Å². The number of rotatable bonds is 4. The quantitative estimate of drug-likeness (QED) is 0.882. The van der Waals surface area contributed by atoms with Crippen molar-refractivity contribution in [3.8, 4) is 0 Å². The maximum Gasteiger partial charge on any atom is 0.225 e. The lowest BCUT2D eigenvalue weighted by Crippen LogP contribution is -2.36. The largest absolute Gasteiger partial charge is 0.330 e. The number of amides is 1. The zero-order valence-corrected chi connectivity index (χ0v) is 13.1. The van der Waals surface area contributed by atoms with Gasteiger partial charge in [-0.25, -0.2) is 0 Å². The monoisotopic (exact) mass is 316 g/mol. The Balaban J connectivity index is 0.00000200. The maximum absolute atomic E-state index is 12.2. The van der Waals surface area contributed by atoms with Crippen molar-refractivity contribution in [3.63, 3.8) is 0 Å². The summed E-state index contributed by atoms with van der Waals surface area (Å²) in [6, 6.07) is 7.30. The van der Waals surface area contributed by atoms with Crippen molar-refractivity contribution in [1.29, 1.82) is 0 Å². The minimum absolute atomic E-state index is 0. The number of benzene rings is 1. The molecule has 1 aromatic rings. The third-order valence-corrected chi connectivity index (χ3v) is 4.36. The fourth-order valence-electron chi connectivity index (χ4n) is 2.85. The zero-order chi connectivity index (χ0) is 13.7. The summed E-state index contributed by atoms with van der Waals surface area (Å²) >= 11 is 6.04. The van der Waals surface area contributed by atoms with Crippen LogP contribution in [0.15, 0.2) is 24.3 Å². The molecule has 112 valence electrons. The van der Waals surface area contributed by atoms with E-state index < -0.39 is 0 Å². The average Bonchev–Trinajstić information content (AvgIpc) is 2.42. The molecule has 1 aliphatic rings. The van der Waals surface area contributed by atoms with Crippen molar-refractivity contribution >= 4 is 35.6 Å². The number of carbonyl (C=O) groups excluding carboxylic acids is 1. The van der Waals surface area contributed by atoms with Crippen LogP contribution in [0.4, 0.5) is 5.69 Å². The van der Waals surface area contributed by atoms with Crippen molar-refractivity contribution in [1.82, 2.24) is 0 Å². The van der Waals surface area contributed by atoms with Gasteiger partial charge in [0.05, 0.1) is 10.7 Å². The second-order valence-corrected chi connectivity index (χ2v) is 5.88. The maximum atomic E-state index is 12.2. The van der Waals surface area contributed by atoms with Crippen LogP contribution in [0, 0.1) is 5.41 Å². The first kappa shape index (κ1) is 17.3. The van der Waals surface area contributed by atoms with Crippen LogP contribution in [0.1, 0.15) is 38.5 Å². The van der Waals surface area contributed by atoms with Gasteiger partial charge in [0.2, 0.25) is 5.91 Å². The molecule has 1 amide bonds. The van der Waals surface area contributed by atoms with Crippen molar-refractivity contribution in [2.45, 2.75) is 38.5 Å². The van der Waals surface area contributed by atoms with Crippen molar-refractivity contribution in [2.24, 2.45) is 11.1 Å². The Hall–Kier alpha value is -0.770. The molecule has 3 nitrogen and oxygen atoms in total. The molecule has 1 aromatic carbocycles. The van der Waals surface area contributed by atoms with Crippen LogP contribution >= 0.6 is 24.0 Å². The Morgan fingerprint density at radius 1 is 1.25 bits per heavy atom. The molecule has 0 saturated heterocycles. The van der Waals surface area contributed by atoms with Crippen LogP contribution in [-0.2, 0) is 4.79 Å². The van der Waals surface area contributed by atoms with Gasteiger partial charge in [0.15, 0.2) is 0 Å². The zero-order valence-electron chi connectivity index (χ0n) is 11.5. The highest BCUT2D eigenvalue weighted by molar-refractivity contribution is 6.33. The second-order valence-electron chi connectivity index (χ2n) is 5.47. The third kappa shape index (κ3) is 4.37. The molecular weight excluding hydrogens is 295 g/mol. The molecular formula is C15H22Cl2N2O. The Morgan fingerprint density at radius 3 is 2.50 bits per heavy atom. The lowest BCUT2D eigenvalue weighted by atomic mass is 9.71. The number of anilines is 1. The molecule has 5 heteroatoms. The van der Waals surface area contributed by atoms with Gasteiger partial charge in [-0.05, 0) is 36.9 Å². The molecule has 1 aliphatic carbocycles. The molecule has 0 spiro atoms. The standard InChI is InChI=1S/C15H21ClN2O.ClH/c16-12-6-2-3-7-13(12)18-14(19)10-15(11-17)8-4-1-5-9-15;/h2-3,6-7H,1,4-5,8-11,17H2,(H,18,19);1H. The van der Waals surface area contributed by atoms with Gasteiger partial charge in [0.1, 0.15) is 0 Å². The molecule has 20 heavy (non-hydrogen) atoms. The molecule has 0 unspecified atom stereocenters. The predicted molar refractivity (Wildman–Crippen MR) is 86.5 cm³/mol. The van der Waals surface area contributed by atoms with E-state index >= 15 is 0 Å². The normalized spacial score (nSPS) is 17.1. The van der Waals surface area contributed by atoms with E-state index in [0.717, 1.165) is 12.8 Å². The Bertz CT molecular complexity index is 445. The Kier molecular flexibility index (Phi) is 6.80. The molecule has 0 radical (unpaired) electrons. The van der Waals surface area contributed by atoms with Crippen LogP contribution in [0.25, 0.3) is 0 Å². The van der Waals surface area contributed by atoms with Gasteiger partial charge in [0, 0.05) is 6.42 Å². The van der Waals surface area contributed by atoms with E-state index in [1.165, 1.54) is 19.3 Å². The summed E-state index contributed by atoms with van der Waals surface area (Å²) in [6.45, 7) is 0.586. The van der Waals surface area contributed by atoms with Crippen LogP contribution in [0.2, 0.25) is 5.02 Å². The second kappa shape index (κ2) is 7.87. The lowest BCUT2D eigenvalue weighted by molar-refractivity contribution is -0.118. The van der Waals surface area contributed by atoms with Gasteiger partial charge in [-0.2, -0.15) is 0 Å². The van der Waals surface area contributed by atoms with Crippen molar-refractivity contribution < 1.29 is 4.79 Å². The lowest BCUT2D eigenvalue weighted by Gasteiger charge is -2.35. The summed E-state index contributed by atoms with van der Waals surface area (Å²) in [5, 5.41) is 3.46. The van der Waals surface area contributed by atoms with E-state index in [2.05, 4.69) is 5.32 Å². The van der Waals surface area contributed by atoms with Crippen molar-refractivity contribution in [2.75, 3.05) is 11.9 Å². The van der Waals surface area contributed by atoms with E-state index in [0.29, 0.717) is 23.7 Å². The minimum atomic E-state index is -0.0103. The fourth-order valence-corrected chi connectivity index (χ4v) is 3.04. The SMILES string of the molecule is Cl.NCC1(CC(=O)Nc2ccccc2Cl)CCCCC1. The topological polar surface area (TPSA) is 55.1 Å². The highest BCUT2D eigenvalue weighted by atomic mass is 35.5. The molecule has 1 saturated carbocycles. The van der Waals surface area contributed by atoms with Crippen LogP contribution in [0.3, 0.4) is 0 Å². The number of hydrogen-bond donors (Lipinski definition) is 2. The number of carbonyl (C=O) groups is 1. The predicted octanol–water partition coefficient (Wildman–Crippen LogP) is 4.00. The van der Waals surface area contributed by atoms with Gasteiger partial charge >= 0.3 is 0 Å². The molecule has 0 aliphatic heterocycles. The van der Waals surface area contributed by atoms with Gasteiger partial charge in [-0.1, -0.05) is 43.0 Å². The molecule has 0 bridgehead atoms. The van der Waals surface area contributed by atoms with E-state index in [9.17, 15) is 4.79 Å². The number of hydrogen-bond acceptors (Lipinski definition) is 2. The summed E-state index contributed by atoms with van der Waals surface area (Å²) in [6.07, 6.45) is 6.22. The summed E-state index contributed by atoms with van der Waals surface area (Å²) in [7, 11) is 0. The van der Waals surface area contributed by atoms with Gasteiger partial charge in [-0.15, -0.1) is 12.4 Å². The minimum Gasteiger partial charge on any atom is -0.330 e. The Labute approximate surface area is 131 Å². The van der Waals surface area contributed by atoms with E-state index in [4.69, 9.17) is 17.3 Å². The highest BCUT2D eigenvalue weighted by Crippen LogP contribution is 2.38. The number of para-hydroxylation sites is 1. The number of nitrogens with one attached hydrogen (secondary N) is 1. The summed E-state index contributed by atoms with van der Waals surface area (Å²) in [5.74, 6) is 0.0143. The molecule has 0 aromatic heterocycles. The van der Waals surface area contributed by atoms with Crippen LogP contribution in [-0.4, -0.2) is 12.5 Å². The first-order valence-electron chi connectivity index (χ1n) is 6.90. The molecule has 0 heterocycles. The summed E-state index contributed by atoms with van der Waals surface area (Å²) in [5.41, 5.74) is 6.57. The van der Waals surface area contributed by atoms with Gasteiger partial charge in [0.25, 0.3) is 0 Å². The first-order chi connectivity index (χ1) is 9.15. The van der Waals surface area contributed by atoms with Gasteiger partial charge < -0.3 is 11.1 Å². The fraction of sp³-hybridized carbons (Fsp3) is 0.533. The van der Waals surface area contributed by atoms with E-state index in [1.54, 1.807) is 6.07 Å². The third-order valence-electron chi connectivity index (χ3n) is 4.03. The number of halogens is 2. The molecule has 3 N–H and O–H groups in total. The number of nitrogens with two attached hydrogens (primary N) is 1. The van der Waals surface area contributed by atoms with Crippen LogP contribution < -0.4 is 11.1 Å². The first-order valence-corrected chi connectivity index (χ1v) is 7.27. The van der Waals surface area contributed by atoms with Crippen LogP contribution in [0.5, 0.6) is 0 Å². The Morgan fingerprint density at radius 2 is 1.90 bits per heavy atom. The average molecular weight is 317 g/mol.